The number of nitrogens with zero attached hydrogens (tertiary/aromatic N) is 2. The first-order chi connectivity index (χ1) is 14.1. The van der Waals surface area contributed by atoms with Crippen molar-refractivity contribution < 1.29 is 13.9 Å². The van der Waals surface area contributed by atoms with Crippen LogP contribution < -0.4 is 15.4 Å². The third-order valence-corrected chi connectivity index (χ3v) is 4.39. The lowest BCUT2D eigenvalue weighted by Crippen LogP contribution is -2.26. The first kappa shape index (κ1) is 20.3. The molecule has 0 saturated carbocycles. The molecule has 7 heteroatoms. The summed E-state index contributed by atoms with van der Waals surface area (Å²) in [5.41, 5.74) is 2.42. The van der Waals surface area contributed by atoms with Gasteiger partial charge in [0.2, 0.25) is 0 Å². The van der Waals surface area contributed by atoms with E-state index in [2.05, 4.69) is 20.6 Å². The summed E-state index contributed by atoms with van der Waals surface area (Å²) in [6.45, 7) is 1.11. The fourth-order valence-corrected chi connectivity index (χ4v) is 2.77. The molecule has 1 heterocycles. The molecular formula is C22H23FN4O2. The van der Waals surface area contributed by atoms with E-state index >= 15 is 0 Å². The quantitative estimate of drug-likeness (QED) is 0.583. The van der Waals surface area contributed by atoms with E-state index in [0.717, 1.165) is 17.7 Å². The normalized spacial score (nSPS) is 10.4. The van der Waals surface area contributed by atoms with Crippen LogP contribution in [0.3, 0.4) is 0 Å². The highest BCUT2D eigenvalue weighted by atomic mass is 19.1. The summed E-state index contributed by atoms with van der Waals surface area (Å²) in [5.74, 6) is 0.878. The Bertz CT molecular complexity index is 930. The van der Waals surface area contributed by atoms with Crippen molar-refractivity contribution in [3.05, 3.63) is 83.6 Å². The van der Waals surface area contributed by atoms with Crippen molar-refractivity contribution in [3.8, 4) is 5.75 Å². The fourth-order valence-electron chi connectivity index (χ4n) is 2.77. The smallest absolute Gasteiger partial charge is 0.270 e. The Labute approximate surface area is 169 Å². The summed E-state index contributed by atoms with van der Waals surface area (Å²) in [7, 11) is 1.64. The summed E-state index contributed by atoms with van der Waals surface area (Å²) in [5, 5.41) is 6.03. The van der Waals surface area contributed by atoms with Gasteiger partial charge in [0, 0.05) is 19.2 Å². The average Bonchev–Trinajstić information content (AvgIpc) is 2.76. The molecule has 3 aromatic rings. The lowest BCUT2D eigenvalue weighted by molar-refractivity contribution is 0.0949. The number of methoxy groups -OCH3 is 1. The molecule has 0 fully saturated rings. The number of benzene rings is 2. The minimum atomic E-state index is -0.272. The van der Waals surface area contributed by atoms with Gasteiger partial charge in [-0.15, -0.1) is 0 Å². The van der Waals surface area contributed by atoms with E-state index in [0.29, 0.717) is 31.0 Å². The predicted molar refractivity (Wildman–Crippen MR) is 110 cm³/mol. The Balaban J connectivity index is 1.46. The van der Waals surface area contributed by atoms with Crippen molar-refractivity contribution in [2.75, 3.05) is 25.5 Å². The molecule has 0 bridgehead atoms. The predicted octanol–water partition coefficient (Wildman–Crippen LogP) is 3.25. The molecule has 0 unspecified atom stereocenters. The second-order valence-corrected chi connectivity index (χ2v) is 6.45. The number of hydrogen-bond acceptors (Lipinski definition) is 5. The van der Waals surface area contributed by atoms with Gasteiger partial charge in [-0.25, -0.2) is 14.4 Å². The Morgan fingerprint density at radius 1 is 0.966 bits per heavy atom. The maximum absolute atomic E-state index is 12.9. The van der Waals surface area contributed by atoms with Crippen molar-refractivity contribution in [1.29, 1.82) is 0 Å². The second kappa shape index (κ2) is 10.2. The first-order valence-electron chi connectivity index (χ1n) is 9.35. The summed E-state index contributed by atoms with van der Waals surface area (Å²) >= 11 is 0. The van der Waals surface area contributed by atoms with E-state index in [9.17, 15) is 9.18 Å². The Morgan fingerprint density at radius 2 is 1.62 bits per heavy atom. The highest BCUT2D eigenvalue weighted by Crippen LogP contribution is 2.12. The second-order valence-electron chi connectivity index (χ2n) is 6.45. The van der Waals surface area contributed by atoms with Crippen LogP contribution >= 0.6 is 0 Å². The van der Waals surface area contributed by atoms with Crippen LogP contribution in [0, 0.1) is 5.82 Å². The van der Waals surface area contributed by atoms with Gasteiger partial charge in [-0.05, 0) is 48.2 Å². The van der Waals surface area contributed by atoms with Gasteiger partial charge in [-0.3, -0.25) is 4.79 Å². The third kappa shape index (κ3) is 6.27. The zero-order valence-electron chi connectivity index (χ0n) is 16.2. The fraction of sp³-hybridized carbons (Fsp3) is 0.227. The minimum Gasteiger partial charge on any atom is -0.497 e. The molecule has 29 heavy (non-hydrogen) atoms. The largest absolute Gasteiger partial charge is 0.497 e. The zero-order chi connectivity index (χ0) is 20.5. The van der Waals surface area contributed by atoms with Crippen LogP contribution in [0.2, 0.25) is 0 Å². The number of rotatable bonds is 9. The Morgan fingerprint density at radius 3 is 2.31 bits per heavy atom. The zero-order valence-corrected chi connectivity index (χ0v) is 16.2. The van der Waals surface area contributed by atoms with Gasteiger partial charge in [0.05, 0.1) is 7.11 Å². The number of halogens is 1. The van der Waals surface area contributed by atoms with Gasteiger partial charge in [-0.1, -0.05) is 24.3 Å². The first-order valence-corrected chi connectivity index (χ1v) is 9.35. The molecule has 0 aliphatic carbocycles. The lowest BCUT2D eigenvalue weighted by Gasteiger charge is -2.08. The summed E-state index contributed by atoms with van der Waals surface area (Å²) < 4.78 is 18.1. The molecule has 0 saturated heterocycles. The monoisotopic (exact) mass is 394 g/mol. The molecule has 0 radical (unpaired) electrons. The highest BCUT2D eigenvalue weighted by Gasteiger charge is 2.08. The number of aromatic nitrogens is 2. The molecule has 1 amide bonds. The van der Waals surface area contributed by atoms with E-state index in [1.54, 1.807) is 25.3 Å². The maximum Gasteiger partial charge on any atom is 0.270 e. The van der Waals surface area contributed by atoms with E-state index in [1.807, 2.05) is 24.3 Å². The highest BCUT2D eigenvalue weighted by molar-refractivity contribution is 5.92. The van der Waals surface area contributed by atoms with E-state index < -0.39 is 0 Å². The maximum atomic E-state index is 12.9. The molecule has 3 rings (SSSR count). The van der Waals surface area contributed by atoms with Gasteiger partial charge in [0.1, 0.15) is 29.4 Å². The molecule has 0 aliphatic heterocycles. The Hall–Kier alpha value is -3.48. The van der Waals surface area contributed by atoms with Gasteiger partial charge in [0.25, 0.3) is 5.91 Å². The van der Waals surface area contributed by atoms with Gasteiger partial charge in [0.15, 0.2) is 0 Å². The molecule has 0 aliphatic rings. The molecule has 150 valence electrons. The van der Waals surface area contributed by atoms with Crippen LogP contribution in [0.4, 0.5) is 10.2 Å². The van der Waals surface area contributed by atoms with Gasteiger partial charge >= 0.3 is 0 Å². The lowest BCUT2D eigenvalue weighted by atomic mass is 10.1. The summed E-state index contributed by atoms with van der Waals surface area (Å²) in [6, 6.07) is 15.7. The van der Waals surface area contributed by atoms with Crippen molar-refractivity contribution in [3.63, 3.8) is 0 Å². The number of hydrogen-bond donors (Lipinski definition) is 2. The Kier molecular flexibility index (Phi) is 7.10. The number of amides is 1. The minimum absolute atomic E-state index is 0.271. The third-order valence-electron chi connectivity index (χ3n) is 4.39. The van der Waals surface area contributed by atoms with Crippen LogP contribution in [0.5, 0.6) is 5.75 Å². The van der Waals surface area contributed by atoms with Crippen LogP contribution in [0.25, 0.3) is 0 Å². The molecule has 2 N–H and O–H groups in total. The number of anilines is 1. The van der Waals surface area contributed by atoms with E-state index in [-0.39, 0.29) is 11.7 Å². The number of ether oxygens (including phenoxy) is 1. The topological polar surface area (TPSA) is 76.1 Å². The molecule has 0 spiro atoms. The summed E-state index contributed by atoms with van der Waals surface area (Å²) in [4.78, 5) is 20.5. The van der Waals surface area contributed by atoms with Crippen molar-refractivity contribution in [1.82, 2.24) is 15.3 Å². The molecule has 2 aromatic carbocycles. The van der Waals surface area contributed by atoms with Crippen LogP contribution in [-0.2, 0) is 12.8 Å². The standard InChI is InChI=1S/C22H23FN4O2/c1-29-19-8-4-17(5-9-19)10-12-24-21-14-20(26-15-27-21)22(28)25-13-11-16-2-6-18(23)7-3-16/h2-9,14-15H,10-13H2,1H3,(H,25,28)(H,24,26,27). The van der Waals surface area contributed by atoms with Crippen LogP contribution in [0.15, 0.2) is 60.9 Å². The molecule has 0 atom stereocenters. The summed E-state index contributed by atoms with van der Waals surface area (Å²) in [6.07, 6.45) is 2.79. The molecular weight excluding hydrogens is 371 g/mol. The van der Waals surface area contributed by atoms with E-state index in [4.69, 9.17) is 4.74 Å². The molecule has 1 aromatic heterocycles. The number of carbonyl (C=O) groups is 1. The van der Waals surface area contributed by atoms with Gasteiger partial charge < -0.3 is 15.4 Å². The van der Waals surface area contributed by atoms with Crippen LogP contribution in [0.1, 0.15) is 21.6 Å². The van der Waals surface area contributed by atoms with Crippen molar-refractivity contribution in [2.24, 2.45) is 0 Å². The SMILES string of the molecule is COc1ccc(CCNc2cc(C(=O)NCCc3ccc(F)cc3)ncn2)cc1. The van der Waals surface area contributed by atoms with E-state index in [1.165, 1.54) is 24.0 Å². The number of nitrogens with one attached hydrogen (secondary N) is 2. The number of carbonyl (C=O) groups excluding carboxylic acids is 1. The van der Waals surface area contributed by atoms with Gasteiger partial charge in [-0.2, -0.15) is 0 Å². The average molecular weight is 394 g/mol. The molecule has 6 nitrogen and oxygen atoms in total. The van der Waals surface area contributed by atoms with Crippen molar-refractivity contribution >= 4 is 11.7 Å². The van der Waals surface area contributed by atoms with Crippen LogP contribution in [-0.4, -0.2) is 36.1 Å². The van der Waals surface area contributed by atoms with Crippen molar-refractivity contribution in [2.45, 2.75) is 12.8 Å².